The van der Waals surface area contributed by atoms with Gasteiger partial charge in [-0.2, -0.15) is 0 Å². The van der Waals surface area contributed by atoms with Crippen molar-refractivity contribution in [3.8, 4) is 57.5 Å². The molecular weight excluding hydrogens is 480 g/mol. The van der Waals surface area contributed by atoms with Crippen LogP contribution in [-0.2, 0) is 0 Å². The van der Waals surface area contributed by atoms with Crippen LogP contribution >= 0.6 is 0 Å². The maximum atomic E-state index is 12.4. The predicted molar refractivity (Wildman–Crippen MR) is 132 cm³/mol. The fourth-order valence-corrected chi connectivity index (χ4v) is 7.06. The van der Waals surface area contributed by atoms with Crippen molar-refractivity contribution in [1.82, 2.24) is 0 Å². The Morgan fingerprint density at radius 2 is 0.486 bits per heavy atom. The third-order valence-corrected chi connectivity index (χ3v) is 8.43. The molecule has 12 heteroatoms. The molecule has 2 aromatic rings. The summed E-state index contributed by atoms with van der Waals surface area (Å²) < 4.78 is 56.4. The lowest BCUT2D eigenvalue weighted by molar-refractivity contribution is 0.291. The number of benzene rings is 2. The number of hydrogen-bond donors (Lipinski definition) is 1. The van der Waals surface area contributed by atoms with Crippen LogP contribution in [0, 0.1) is 0 Å². The molecule has 0 fully saturated rings. The van der Waals surface area contributed by atoms with Gasteiger partial charge in [0.2, 0.25) is 34.5 Å². The largest absolute Gasteiger partial charge is 0.493 e. The van der Waals surface area contributed by atoms with Crippen molar-refractivity contribution in [1.29, 1.82) is 0 Å². The monoisotopic (exact) mass is 514 g/mol. The van der Waals surface area contributed by atoms with Gasteiger partial charge in [-0.25, -0.2) is 0 Å². The van der Waals surface area contributed by atoms with E-state index in [0.717, 1.165) is 0 Å². The Labute approximate surface area is 206 Å². The second kappa shape index (κ2) is 11.4. The molecule has 0 radical (unpaired) electrons. The first kappa shape index (κ1) is 27.9. The smallest absolute Gasteiger partial charge is 0.265 e. The average molecular weight is 515 g/mol. The Hall–Kier alpha value is -3.38. The van der Waals surface area contributed by atoms with E-state index in [0.29, 0.717) is 0 Å². The first-order valence-electron chi connectivity index (χ1n) is 10.3. The lowest BCUT2D eigenvalue weighted by Gasteiger charge is -2.32. The average Bonchev–Trinajstić information content (AvgIpc) is 2.88. The fraction of sp³-hybridized carbons (Fsp3) is 0.478. The highest BCUT2D eigenvalue weighted by Gasteiger charge is 2.48. The minimum absolute atomic E-state index is 0.191. The Balaban J connectivity index is 3.23. The Kier molecular flexibility index (Phi) is 9.04. The van der Waals surface area contributed by atoms with Crippen molar-refractivity contribution in [2.24, 2.45) is 0 Å². The van der Waals surface area contributed by atoms with Gasteiger partial charge < -0.3 is 52.2 Å². The summed E-state index contributed by atoms with van der Waals surface area (Å²) in [4.78, 5) is 12.4. The van der Waals surface area contributed by atoms with Crippen molar-refractivity contribution >= 4 is 18.7 Å². The van der Waals surface area contributed by atoms with Gasteiger partial charge in [0.1, 0.15) is 0 Å². The van der Waals surface area contributed by atoms with E-state index in [1.165, 1.54) is 71.1 Å². The number of hydrogen-bond acceptors (Lipinski definition) is 11. The van der Waals surface area contributed by atoms with Gasteiger partial charge in [-0.15, -0.1) is 0 Å². The van der Waals surface area contributed by atoms with E-state index < -0.39 is 8.32 Å². The molecule has 2 aromatic carbocycles. The van der Waals surface area contributed by atoms with Crippen molar-refractivity contribution in [3.05, 3.63) is 0 Å². The van der Waals surface area contributed by atoms with Crippen LogP contribution in [0.2, 0.25) is 6.55 Å². The molecule has 1 N–H and O–H groups in total. The fourth-order valence-electron chi connectivity index (χ4n) is 4.18. The molecule has 0 spiro atoms. The SMILES string of the molecule is COc1c(OC)c(OC)c([Si](C)(O)c2c(OC)c(OC)c(OC)c(OC)c2OC)c(OC)c1OC. The summed E-state index contributed by atoms with van der Waals surface area (Å²) in [5.41, 5.74) is 0. The third-order valence-electron chi connectivity index (χ3n) is 5.57. The van der Waals surface area contributed by atoms with E-state index in [-0.39, 0.29) is 67.9 Å². The van der Waals surface area contributed by atoms with Crippen molar-refractivity contribution < 1.29 is 52.2 Å². The summed E-state index contributed by atoms with van der Waals surface area (Å²) in [6, 6.07) is 0. The normalized spacial score (nSPS) is 10.9. The van der Waals surface area contributed by atoms with Crippen LogP contribution in [0.15, 0.2) is 0 Å². The zero-order valence-electron chi connectivity index (χ0n) is 22.0. The van der Waals surface area contributed by atoms with E-state index in [1.54, 1.807) is 6.55 Å². The summed E-state index contributed by atoms with van der Waals surface area (Å²) in [5, 5.41) is 0.561. The number of methoxy groups -OCH3 is 10. The van der Waals surface area contributed by atoms with Gasteiger partial charge in [-0.3, -0.25) is 0 Å². The van der Waals surface area contributed by atoms with Crippen molar-refractivity contribution in [2.75, 3.05) is 71.1 Å². The van der Waals surface area contributed by atoms with Gasteiger partial charge in [0.15, 0.2) is 23.0 Å². The highest BCUT2D eigenvalue weighted by molar-refractivity contribution is 6.98. The zero-order valence-corrected chi connectivity index (χ0v) is 23.0. The molecule has 0 saturated heterocycles. The molecule has 0 aliphatic heterocycles. The summed E-state index contributed by atoms with van der Waals surface area (Å²) in [7, 11) is 10.6. The highest BCUT2D eigenvalue weighted by atomic mass is 28.4. The molecule has 0 heterocycles. The molecule has 0 unspecified atom stereocenters. The molecule has 11 nitrogen and oxygen atoms in total. The van der Waals surface area contributed by atoms with Gasteiger partial charge in [0.25, 0.3) is 8.32 Å². The zero-order chi connectivity index (χ0) is 26.5. The summed E-state index contributed by atoms with van der Waals surface area (Å²) in [6.45, 7) is 1.64. The molecule has 0 aromatic heterocycles. The molecule has 0 bridgehead atoms. The predicted octanol–water partition coefficient (Wildman–Crippen LogP) is 1.45. The van der Waals surface area contributed by atoms with E-state index >= 15 is 0 Å². The topological polar surface area (TPSA) is 113 Å². The summed E-state index contributed by atoms with van der Waals surface area (Å²) in [5.74, 6) is 2.08. The van der Waals surface area contributed by atoms with Crippen LogP contribution in [0.4, 0.5) is 0 Å². The lowest BCUT2D eigenvalue weighted by Crippen LogP contribution is -2.57. The molecule has 0 aliphatic rings. The Bertz CT molecular complexity index is 905. The minimum Gasteiger partial charge on any atom is -0.493 e. The maximum absolute atomic E-state index is 12.4. The van der Waals surface area contributed by atoms with E-state index in [1.807, 2.05) is 0 Å². The molecule has 196 valence electrons. The van der Waals surface area contributed by atoms with E-state index in [9.17, 15) is 4.80 Å². The lowest BCUT2D eigenvalue weighted by atomic mass is 10.2. The van der Waals surface area contributed by atoms with Gasteiger partial charge in [-0.05, 0) is 6.55 Å². The van der Waals surface area contributed by atoms with Crippen molar-refractivity contribution in [3.63, 3.8) is 0 Å². The number of rotatable bonds is 12. The molecule has 0 amide bonds. The first-order chi connectivity index (χ1) is 16.7. The second-order valence-electron chi connectivity index (χ2n) is 7.15. The van der Waals surface area contributed by atoms with Crippen molar-refractivity contribution in [2.45, 2.75) is 6.55 Å². The standard InChI is InChI=1S/C23H34O11Si/c1-25-12-14(27-3)18(31-7)22(19(32-8)15(12)28-4)35(11,24)23-20(33-9)16(29-5)13(26-2)17(30-6)21(23)34-10/h24H,1-11H3. The first-order valence-corrected chi connectivity index (χ1v) is 12.8. The molecule has 0 aliphatic carbocycles. The Morgan fingerprint density at radius 1 is 0.343 bits per heavy atom. The highest BCUT2D eigenvalue weighted by Crippen LogP contribution is 2.52. The van der Waals surface area contributed by atoms with Gasteiger partial charge in [-0.1, -0.05) is 0 Å². The molecule has 0 atom stereocenters. The molecule has 2 rings (SSSR count). The van der Waals surface area contributed by atoms with Crippen LogP contribution in [0.5, 0.6) is 57.5 Å². The van der Waals surface area contributed by atoms with Gasteiger partial charge in [0.05, 0.1) is 81.5 Å². The van der Waals surface area contributed by atoms with Crippen LogP contribution in [-0.4, -0.2) is 84.2 Å². The number of ether oxygens (including phenoxy) is 10. The van der Waals surface area contributed by atoms with Gasteiger partial charge >= 0.3 is 0 Å². The maximum Gasteiger partial charge on any atom is 0.265 e. The molecule has 0 saturated carbocycles. The molecular formula is C23H34O11Si. The van der Waals surface area contributed by atoms with Crippen LogP contribution in [0.3, 0.4) is 0 Å². The third kappa shape index (κ3) is 4.27. The van der Waals surface area contributed by atoms with Crippen LogP contribution < -0.4 is 57.7 Å². The van der Waals surface area contributed by atoms with Crippen LogP contribution in [0.25, 0.3) is 0 Å². The van der Waals surface area contributed by atoms with E-state index in [4.69, 9.17) is 47.4 Å². The summed E-state index contributed by atoms with van der Waals surface area (Å²) in [6.07, 6.45) is 0. The second-order valence-corrected chi connectivity index (χ2v) is 10.3. The Morgan fingerprint density at radius 3 is 0.629 bits per heavy atom. The van der Waals surface area contributed by atoms with E-state index in [2.05, 4.69) is 0 Å². The van der Waals surface area contributed by atoms with Crippen LogP contribution in [0.1, 0.15) is 0 Å². The quantitative estimate of drug-likeness (QED) is 0.415. The summed E-state index contributed by atoms with van der Waals surface area (Å²) >= 11 is 0. The van der Waals surface area contributed by atoms with Gasteiger partial charge in [0, 0.05) is 0 Å². The molecule has 35 heavy (non-hydrogen) atoms. The minimum atomic E-state index is -3.91.